The number of benzene rings is 8. The second-order valence-electron chi connectivity index (χ2n) is 16.3. The summed E-state index contributed by atoms with van der Waals surface area (Å²) in [4.78, 5) is 24.3. The van der Waals surface area contributed by atoms with Crippen LogP contribution in [0.25, 0.3) is 111 Å². The summed E-state index contributed by atoms with van der Waals surface area (Å²) in [5.41, 5.74) is 7.76. The van der Waals surface area contributed by atoms with Crippen LogP contribution in [0.4, 0.5) is 18.9 Å². The number of aromatic nitrogens is 5. The van der Waals surface area contributed by atoms with Crippen molar-refractivity contribution in [3.63, 3.8) is 0 Å². The molecule has 0 radical (unpaired) electrons. The Morgan fingerprint density at radius 1 is 0.449 bits per heavy atom. The molecule has 3 heterocycles. The number of hydrogen-bond donors (Lipinski definition) is 0. The molecular weight excluding hydrogens is 864 g/mol. The summed E-state index contributed by atoms with van der Waals surface area (Å²) in [5.74, 6) is 0.0917. The van der Waals surface area contributed by atoms with Crippen LogP contribution in [-0.4, -0.2) is 24.5 Å². The van der Waals surface area contributed by atoms with Crippen molar-refractivity contribution < 1.29 is 13.2 Å². The van der Waals surface area contributed by atoms with E-state index in [1.807, 2.05) is 180 Å². The van der Waals surface area contributed by atoms with Crippen molar-refractivity contribution in [1.29, 1.82) is 5.26 Å². The van der Waals surface area contributed by atoms with Crippen LogP contribution < -0.4 is 0 Å². The maximum Gasteiger partial charge on any atom is 0.416 e. The van der Waals surface area contributed by atoms with Gasteiger partial charge in [0, 0.05) is 49.7 Å². The minimum Gasteiger partial charge on any atom is -0.308 e. The van der Waals surface area contributed by atoms with Crippen molar-refractivity contribution >= 4 is 27.5 Å². The highest BCUT2D eigenvalue weighted by Gasteiger charge is 2.35. The number of hydrogen-bond acceptors (Lipinski definition) is 5. The molecule has 0 N–H and O–H groups in total. The van der Waals surface area contributed by atoms with Crippen molar-refractivity contribution in [2.45, 2.75) is 6.18 Å². The average molecular weight is 898 g/mol. The highest BCUT2D eigenvalue weighted by molar-refractivity contribution is 6.11. The lowest BCUT2D eigenvalue weighted by molar-refractivity contribution is -0.137. The Morgan fingerprint density at radius 2 is 0.899 bits per heavy atom. The summed E-state index contributed by atoms with van der Waals surface area (Å²) in [7, 11) is 0. The van der Waals surface area contributed by atoms with Gasteiger partial charge >= 0.3 is 6.18 Å². The van der Waals surface area contributed by atoms with Gasteiger partial charge in [-0.2, -0.15) is 18.4 Å². The molecule has 0 saturated carbocycles. The molecule has 3 aromatic heterocycles. The molecule has 0 aliphatic rings. The van der Waals surface area contributed by atoms with Gasteiger partial charge < -0.3 is 4.57 Å². The minimum atomic E-state index is -4.83. The van der Waals surface area contributed by atoms with Crippen LogP contribution in [0.1, 0.15) is 11.1 Å². The van der Waals surface area contributed by atoms with Gasteiger partial charge in [0.2, 0.25) is 0 Å². The van der Waals surface area contributed by atoms with Gasteiger partial charge in [0.15, 0.2) is 17.3 Å². The van der Waals surface area contributed by atoms with E-state index in [9.17, 15) is 5.26 Å². The first kappa shape index (κ1) is 42.1. The van der Waals surface area contributed by atoms with E-state index in [2.05, 4.69) is 10.9 Å². The lowest BCUT2D eigenvalue weighted by Crippen LogP contribution is -2.11. The maximum atomic E-state index is 15.8. The van der Waals surface area contributed by atoms with E-state index in [1.165, 1.54) is 0 Å². The molecule has 0 amide bonds. The monoisotopic (exact) mass is 897 g/mol. The van der Waals surface area contributed by atoms with Crippen LogP contribution in [0.2, 0.25) is 0 Å². The number of para-hydroxylation sites is 1. The topological polar surface area (TPSA) is 84.6 Å². The zero-order valence-electron chi connectivity index (χ0n) is 36.4. The summed E-state index contributed by atoms with van der Waals surface area (Å²) in [5, 5.41) is 11.3. The molecule has 0 saturated heterocycles. The molecule has 0 aliphatic heterocycles. The molecule has 10 heteroatoms. The van der Waals surface area contributed by atoms with Gasteiger partial charge in [-0.25, -0.2) is 24.8 Å². The fourth-order valence-electron chi connectivity index (χ4n) is 8.86. The molecule has 7 nitrogen and oxygen atoms in total. The summed E-state index contributed by atoms with van der Waals surface area (Å²) in [6.45, 7) is 8.06. The zero-order chi connectivity index (χ0) is 47.1. The Balaban J connectivity index is 1.32. The Morgan fingerprint density at radius 3 is 1.35 bits per heavy atom. The van der Waals surface area contributed by atoms with E-state index in [1.54, 1.807) is 18.2 Å². The largest absolute Gasteiger partial charge is 0.416 e. The molecule has 8 aromatic carbocycles. The van der Waals surface area contributed by atoms with Crippen LogP contribution >= 0.6 is 0 Å². The molecule has 0 fully saturated rings. The predicted octanol–water partition coefficient (Wildman–Crippen LogP) is 15.5. The van der Waals surface area contributed by atoms with Crippen molar-refractivity contribution in [2.75, 3.05) is 0 Å². The fraction of sp³-hybridized carbons (Fsp3) is 0.0169. The van der Waals surface area contributed by atoms with Crippen LogP contribution in [0.5, 0.6) is 0 Å². The predicted molar refractivity (Wildman–Crippen MR) is 266 cm³/mol. The number of nitrogens with zero attached hydrogens (tertiary/aromatic N) is 7. The SMILES string of the molecule is [C-]#[N+]c1cc(C#N)ccc1-c1ccc2c3ccccc3n(-c3c(-c4nc(-c5ccccc5)cc(-c5ccccc5)n4)cc(C(F)(F)F)cc3-c3nc(-c4ccccc4)cc(-c4ccccc4)n3)c2c1. The summed E-state index contributed by atoms with van der Waals surface area (Å²) in [6, 6.07) is 64.5. The first-order valence-corrected chi connectivity index (χ1v) is 22.0. The molecule has 0 atom stereocenters. The van der Waals surface area contributed by atoms with E-state index in [0.29, 0.717) is 56.2 Å². The standard InChI is InChI=1S/C59H34F3N7/c1-64-53-30-37(36-63)26-28-44(53)42-27-29-46-45-24-14-15-25-54(45)69(55(46)31-42)56-47(57-65-49(38-16-6-2-7-17-38)34-50(66-57)39-18-8-3-9-19-39)32-43(59(60,61)62)33-48(56)58-67-51(40-20-10-4-11-21-40)35-52(68-58)41-22-12-5-13-23-41/h2-35H. The van der Waals surface area contributed by atoms with E-state index in [0.717, 1.165) is 45.2 Å². The molecule has 69 heavy (non-hydrogen) atoms. The van der Waals surface area contributed by atoms with E-state index in [4.69, 9.17) is 26.5 Å². The highest BCUT2D eigenvalue weighted by Crippen LogP contribution is 2.46. The van der Waals surface area contributed by atoms with Gasteiger partial charge in [-0.15, -0.1) is 0 Å². The highest BCUT2D eigenvalue weighted by atomic mass is 19.4. The quantitative estimate of drug-likeness (QED) is 0.142. The molecular formula is C59H34F3N7. The Labute approximate surface area is 394 Å². The smallest absolute Gasteiger partial charge is 0.308 e. The zero-order valence-corrected chi connectivity index (χ0v) is 36.4. The molecule has 11 rings (SSSR count). The second-order valence-corrected chi connectivity index (χ2v) is 16.3. The third kappa shape index (κ3) is 7.92. The normalized spacial score (nSPS) is 11.4. The fourth-order valence-corrected chi connectivity index (χ4v) is 8.86. The van der Waals surface area contributed by atoms with Gasteiger partial charge in [-0.05, 0) is 59.7 Å². The van der Waals surface area contributed by atoms with Crippen molar-refractivity contribution in [3.05, 3.63) is 229 Å². The Bertz CT molecular complexity index is 3580. The third-order valence-corrected chi connectivity index (χ3v) is 12.1. The van der Waals surface area contributed by atoms with Gasteiger partial charge in [-0.1, -0.05) is 158 Å². The molecule has 0 aliphatic carbocycles. The number of halogens is 3. The van der Waals surface area contributed by atoms with Crippen molar-refractivity contribution in [2.24, 2.45) is 0 Å². The van der Waals surface area contributed by atoms with E-state index in [-0.39, 0.29) is 28.5 Å². The average Bonchev–Trinajstić information content (AvgIpc) is 3.74. The lowest BCUT2D eigenvalue weighted by atomic mass is 9.98. The van der Waals surface area contributed by atoms with Crippen molar-refractivity contribution in [3.8, 4) is 90.7 Å². The third-order valence-electron chi connectivity index (χ3n) is 12.1. The van der Waals surface area contributed by atoms with Crippen LogP contribution in [0, 0.1) is 17.9 Å². The second kappa shape index (κ2) is 17.4. The van der Waals surface area contributed by atoms with E-state index >= 15 is 13.2 Å². The van der Waals surface area contributed by atoms with E-state index < -0.39 is 11.7 Å². The van der Waals surface area contributed by atoms with Crippen molar-refractivity contribution in [1.82, 2.24) is 24.5 Å². The molecule has 326 valence electrons. The summed E-state index contributed by atoms with van der Waals surface area (Å²) < 4.78 is 49.3. The van der Waals surface area contributed by atoms with Crippen LogP contribution in [-0.2, 0) is 6.18 Å². The Hall–Kier alpha value is -9.51. The van der Waals surface area contributed by atoms with Crippen LogP contribution in [0.3, 0.4) is 0 Å². The first-order chi connectivity index (χ1) is 33.7. The minimum absolute atomic E-state index is 0.0459. The number of rotatable bonds is 8. The maximum absolute atomic E-state index is 15.8. The number of nitriles is 1. The van der Waals surface area contributed by atoms with Crippen LogP contribution in [0.15, 0.2) is 206 Å². The number of fused-ring (bicyclic) bond motifs is 3. The van der Waals surface area contributed by atoms with Gasteiger partial charge in [0.05, 0.1) is 57.7 Å². The van der Waals surface area contributed by atoms with Gasteiger partial charge in [0.1, 0.15) is 0 Å². The Kier molecular flexibility index (Phi) is 10.6. The number of alkyl halides is 3. The summed E-state index contributed by atoms with van der Waals surface area (Å²) >= 11 is 0. The van der Waals surface area contributed by atoms with Gasteiger partial charge in [-0.3, -0.25) is 0 Å². The first-order valence-electron chi connectivity index (χ1n) is 22.0. The summed E-state index contributed by atoms with van der Waals surface area (Å²) in [6.07, 6.45) is -4.83. The molecule has 11 aromatic rings. The molecule has 0 unspecified atom stereocenters. The molecule has 0 bridgehead atoms. The van der Waals surface area contributed by atoms with Gasteiger partial charge in [0.25, 0.3) is 0 Å². The molecule has 0 spiro atoms. The lowest BCUT2D eigenvalue weighted by Gasteiger charge is -2.21.